The van der Waals surface area contributed by atoms with Gasteiger partial charge in [-0.15, -0.1) is 0 Å². The van der Waals surface area contributed by atoms with Crippen LogP contribution in [0.15, 0.2) is 42.6 Å². The number of carbonyl (C=O) groups excluding carboxylic acids is 2. The number of amides is 3. The largest absolute Gasteiger partial charge is 0.486 e. The summed E-state index contributed by atoms with van der Waals surface area (Å²) < 4.78 is 11.1. The van der Waals surface area contributed by atoms with Crippen molar-refractivity contribution in [2.45, 2.75) is 6.54 Å². The van der Waals surface area contributed by atoms with Gasteiger partial charge in [0.05, 0.1) is 12.2 Å². The van der Waals surface area contributed by atoms with Crippen LogP contribution in [-0.4, -0.2) is 54.7 Å². The van der Waals surface area contributed by atoms with Crippen molar-refractivity contribution in [3.05, 3.63) is 48.3 Å². The highest BCUT2D eigenvalue weighted by Crippen LogP contribution is 2.34. The minimum absolute atomic E-state index is 0.0206. The van der Waals surface area contributed by atoms with E-state index in [1.54, 1.807) is 23.2 Å². The van der Waals surface area contributed by atoms with Crippen molar-refractivity contribution < 1.29 is 19.1 Å². The van der Waals surface area contributed by atoms with E-state index in [1.165, 1.54) is 4.90 Å². The summed E-state index contributed by atoms with van der Waals surface area (Å²) in [6.45, 7) is 2.39. The Balaban J connectivity index is 1.35. The highest BCUT2D eigenvalue weighted by molar-refractivity contribution is 5.96. The molecule has 3 heterocycles. The van der Waals surface area contributed by atoms with Crippen molar-refractivity contribution in [1.29, 1.82) is 0 Å². The molecule has 8 nitrogen and oxygen atoms in total. The molecule has 27 heavy (non-hydrogen) atoms. The van der Waals surface area contributed by atoms with Crippen LogP contribution < -0.4 is 19.7 Å². The standard InChI is InChI=1S/C19H20N4O4/c24-18(21-12-14-3-1-2-6-20-14)13-22-7-8-23(19(22)25)15-4-5-16-17(11-15)27-10-9-26-16/h1-6,11H,7-10,12-13H2,(H,21,24). The maximum Gasteiger partial charge on any atom is 0.325 e. The number of benzene rings is 1. The number of hydrogen-bond acceptors (Lipinski definition) is 5. The van der Waals surface area contributed by atoms with Crippen LogP contribution in [0.3, 0.4) is 0 Å². The maximum atomic E-state index is 12.7. The molecule has 0 radical (unpaired) electrons. The normalized spacial score (nSPS) is 15.8. The van der Waals surface area contributed by atoms with Crippen LogP contribution in [0.25, 0.3) is 0 Å². The molecule has 1 aromatic heterocycles. The van der Waals surface area contributed by atoms with Gasteiger partial charge in [-0.2, -0.15) is 0 Å². The number of pyridine rings is 1. The minimum atomic E-state index is -0.210. The molecule has 3 amide bonds. The van der Waals surface area contributed by atoms with Gasteiger partial charge in [-0.25, -0.2) is 4.79 Å². The van der Waals surface area contributed by atoms with E-state index in [-0.39, 0.29) is 18.5 Å². The molecule has 2 aliphatic heterocycles. The van der Waals surface area contributed by atoms with E-state index in [9.17, 15) is 9.59 Å². The van der Waals surface area contributed by atoms with Crippen molar-refractivity contribution in [3.63, 3.8) is 0 Å². The highest BCUT2D eigenvalue weighted by atomic mass is 16.6. The number of nitrogens with zero attached hydrogens (tertiary/aromatic N) is 3. The lowest BCUT2D eigenvalue weighted by Gasteiger charge is -2.22. The zero-order chi connectivity index (χ0) is 18.6. The van der Waals surface area contributed by atoms with E-state index in [1.807, 2.05) is 24.3 Å². The number of aromatic nitrogens is 1. The lowest BCUT2D eigenvalue weighted by atomic mass is 10.2. The van der Waals surface area contributed by atoms with Gasteiger partial charge in [0.1, 0.15) is 19.8 Å². The summed E-state index contributed by atoms with van der Waals surface area (Å²) in [6.07, 6.45) is 1.68. The molecular weight excluding hydrogens is 348 g/mol. The van der Waals surface area contributed by atoms with Crippen LogP contribution in [-0.2, 0) is 11.3 Å². The molecular formula is C19H20N4O4. The van der Waals surface area contributed by atoms with Crippen molar-refractivity contribution in [1.82, 2.24) is 15.2 Å². The lowest BCUT2D eigenvalue weighted by Crippen LogP contribution is -2.39. The van der Waals surface area contributed by atoms with E-state index < -0.39 is 0 Å². The van der Waals surface area contributed by atoms with Crippen molar-refractivity contribution in [2.24, 2.45) is 0 Å². The fourth-order valence-corrected chi connectivity index (χ4v) is 3.09. The molecule has 8 heteroatoms. The van der Waals surface area contributed by atoms with Gasteiger partial charge < -0.3 is 19.7 Å². The summed E-state index contributed by atoms with van der Waals surface area (Å²) in [5.41, 5.74) is 1.51. The zero-order valence-corrected chi connectivity index (χ0v) is 14.8. The SMILES string of the molecule is O=C(CN1CCN(c2ccc3c(c2)OCCO3)C1=O)NCc1ccccn1. The van der Waals surface area contributed by atoms with E-state index >= 15 is 0 Å². The molecule has 0 atom stereocenters. The van der Waals surface area contributed by atoms with Crippen LogP contribution in [0, 0.1) is 0 Å². The number of anilines is 1. The van der Waals surface area contributed by atoms with Crippen molar-refractivity contribution in [3.8, 4) is 11.5 Å². The number of hydrogen-bond donors (Lipinski definition) is 1. The van der Waals surface area contributed by atoms with Crippen LogP contribution >= 0.6 is 0 Å². The number of ether oxygens (including phenoxy) is 2. The Labute approximate surface area is 156 Å². The summed E-state index contributed by atoms with van der Waals surface area (Å²) in [7, 11) is 0. The molecule has 140 valence electrons. The Morgan fingerprint density at radius 1 is 1.11 bits per heavy atom. The van der Waals surface area contributed by atoms with Gasteiger partial charge in [-0.1, -0.05) is 6.07 Å². The van der Waals surface area contributed by atoms with Crippen LogP contribution in [0.5, 0.6) is 11.5 Å². The van der Waals surface area contributed by atoms with Crippen LogP contribution in [0.2, 0.25) is 0 Å². The summed E-state index contributed by atoms with van der Waals surface area (Å²) in [5.74, 6) is 1.11. The summed E-state index contributed by atoms with van der Waals surface area (Å²) in [6, 6.07) is 10.8. The van der Waals surface area contributed by atoms with Gasteiger partial charge in [-0.05, 0) is 24.3 Å². The van der Waals surface area contributed by atoms with Crippen LogP contribution in [0.4, 0.5) is 10.5 Å². The average Bonchev–Trinajstić information content (AvgIpc) is 3.07. The molecule has 1 saturated heterocycles. The Morgan fingerprint density at radius 2 is 1.96 bits per heavy atom. The van der Waals surface area contributed by atoms with Gasteiger partial charge in [0.25, 0.3) is 0 Å². The molecule has 0 bridgehead atoms. The van der Waals surface area contributed by atoms with Gasteiger partial charge in [0, 0.05) is 31.0 Å². The number of nitrogens with one attached hydrogen (secondary N) is 1. The first-order chi connectivity index (χ1) is 13.2. The minimum Gasteiger partial charge on any atom is -0.486 e. The maximum absolute atomic E-state index is 12.7. The predicted octanol–water partition coefficient (Wildman–Crippen LogP) is 1.41. The van der Waals surface area contributed by atoms with E-state index in [0.29, 0.717) is 44.3 Å². The molecule has 0 unspecified atom stereocenters. The molecule has 0 spiro atoms. The number of urea groups is 1. The molecule has 2 aromatic rings. The summed E-state index contributed by atoms with van der Waals surface area (Å²) in [4.78, 5) is 32.2. The smallest absolute Gasteiger partial charge is 0.325 e. The first-order valence-corrected chi connectivity index (χ1v) is 8.83. The molecule has 1 fully saturated rings. The summed E-state index contributed by atoms with van der Waals surface area (Å²) in [5, 5.41) is 2.79. The van der Waals surface area contributed by atoms with Crippen LogP contribution in [0.1, 0.15) is 5.69 Å². The Morgan fingerprint density at radius 3 is 2.78 bits per heavy atom. The monoisotopic (exact) mass is 368 g/mol. The topological polar surface area (TPSA) is 84.0 Å². The second-order valence-electron chi connectivity index (χ2n) is 6.28. The molecule has 0 saturated carbocycles. The van der Waals surface area contributed by atoms with E-state index in [0.717, 1.165) is 11.4 Å². The Kier molecular flexibility index (Phi) is 4.78. The first-order valence-electron chi connectivity index (χ1n) is 8.83. The third-order valence-electron chi connectivity index (χ3n) is 4.46. The summed E-state index contributed by atoms with van der Waals surface area (Å²) >= 11 is 0. The van der Waals surface area contributed by atoms with Crippen molar-refractivity contribution in [2.75, 3.05) is 37.7 Å². The zero-order valence-electron chi connectivity index (χ0n) is 14.8. The molecule has 0 aliphatic carbocycles. The average molecular weight is 368 g/mol. The van der Waals surface area contributed by atoms with Crippen molar-refractivity contribution >= 4 is 17.6 Å². The third-order valence-corrected chi connectivity index (χ3v) is 4.46. The van der Waals surface area contributed by atoms with Gasteiger partial charge >= 0.3 is 6.03 Å². The number of fused-ring (bicyclic) bond motifs is 1. The first kappa shape index (κ1) is 17.1. The van der Waals surface area contributed by atoms with Gasteiger partial charge in [0.15, 0.2) is 11.5 Å². The quantitative estimate of drug-likeness (QED) is 0.863. The molecule has 4 rings (SSSR count). The fourth-order valence-electron chi connectivity index (χ4n) is 3.09. The van der Waals surface area contributed by atoms with Gasteiger partial charge in [0.2, 0.25) is 5.91 Å². The second-order valence-corrected chi connectivity index (χ2v) is 6.28. The van der Waals surface area contributed by atoms with E-state index in [2.05, 4.69) is 10.3 Å². The third kappa shape index (κ3) is 3.79. The fraction of sp³-hybridized carbons (Fsp3) is 0.316. The van der Waals surface area contributed by atoms with E-state index in [4.69, 9.17) is 9.47 Å². The number of carbonyl (C=O) groups is 2. The Bertz CT molecular complexity index is 843. The highest BCUT2D eigenvalue weighted by Gasteiger charge is 2.31. The molecule has 2 aliphatic rings. The second kappa shape index (κ2) is 7.53. The van der Waals surface area contributed by atoms with Gasteiger partial charge in [-0.3, -0.25) is 14.7 Å². The molecule has 1 aromatic carbocycles. The molecule has 1 N–H and O–H groups in total. The lowest BCUT2D eigenvalue weighted by molar-refractivity contribution is -0.121. The Hall–Kier alpha value is -3.29. The number of rotatable bonds is 5. The predicted molar refractivity (Wildman–Crippen MR) is 97.8 cm³/mol.